The lowest BCUT2D eigenvalue weighted by molar-refractivity contribution is -0.137. The van der Waals surface area contributed by atoms with Crippen molar-refractivity contribution in [3.63, 3.8) is 0 Å². The number of unbranched alkanes of at least 4 members (excludes halogenated alkanes) is 1. The fraction of sp³-hybridized carbons (Fsp3) is 0.361. The van der Waals surface area contributed by atoms with Gasteiger partial charge >= 0.3 is 5.97 Å². The van der Waals surface area contributed by atoms with Gasteiger partial charge in [-0.1, -0.05) is 109 Å². The van der Waals surface area contributed by atoms with Crippen molar-refractivity contribution in [1.82, 2.24) is 0 Å². The summed E-state index contributed by atoms with van der Waals surface area (Å²) in [7, 11) is 0. The highest BCUT2D eigenvalue weighted by molar-refractivity contribution is 5.66. The standard InChI is InChI=1S/C36H40O5/c37-24-31(28-13-7-4-8-14-28)33(38)22-21-30-32(15-9-1-2-10-16-35(39)40)36(23-34(30)41-25-36)29-19-17-27(18-20-29)26-11-5-3-6-12-26/h1,3-9,11-14,17-22,30-34,37-38H,2,10,15-16,23-25H2,(H,39,40)/b9-1-,22-21+/t30-,31?,32-,33-,34-,36-/m0/s1. The Morgan fingerprint density at radius 1 is 0.951 bits per heavy atom. The summed E-state index contributed by atoms with van der Waals surface area (Å²) in [6.07, 6.45) is 10.8. The minimum absolute atomic E-state index is 0.0574. The van der Waals surface area contributed by atoms with Crippen molar-refractivity contribution in [2.24, 2.45) is 11.8 Å². The van der Waals surface area contributed by atoms with E-state index in [0.29, 0.717) is 13.0 Å². The molecule has 0 amide bonds. The Kier molecular flexibility index (Phi) is 9.50. The van der Waals surface area contributed by atoms with Crippen LogP contribution in [0.2, 0.25) is 0 Å². The van der Waals surface area contributed by atoms with Gasteiger partial charge in [-0.2, -0.15) is 0 Å². The summed E-state index contributed by atoms with van der Waals surface area (Å²) >= 11 is 0. The van der Waals surface area contributed by atoms with Gasteiger partial charge in [-0.15, -0.1) is 0 Å². The van der Waals surface area contributed by atoms with Gasteiger partial charge in [0, 0.05) is 23.7 Å². The van der Waals surface area contributed by atoms with Crippen molar-refractivity contribution in [3.8, 4) is 11.1 Å². The Hall–Kier alpha value is -3.51. The van der Waals surface area contributed by atoms with E-state index in [1.807, 2.05) is 42.5 Å². The van der Waals surface area contributed by atoms with Crippen LogP contribution in [0, 0.1) is 11.8 Å². The van der Waals surface area contributed by atoms with Gasteiger partial charge < -0.3 is 20.1 Å². The highest BCUT2D eigenvalue weighted by atomic mass is 16.5. The predicted molar refractivity (Wildman–Crippen MR) is 162 cm³/mol. The Morgan fingerprint density at radius 3 is 2.32 bits per heavy atom. The minimum Gasteiger partial charge on any atom is -0.481 e. The molecule has 5 nitrogen and oxygen atoms in total. The van der Waals surface area contributed by atoms with Gasteiger partial charge in [-0.25, -0.2) is 0 Å². The zero-order valence-corrected chi connectivity index (χ0v) is 23.4. The van der Waals surface area contributed by atoms with E-state index >= 15 is 0 Å². The van der Waals surface area contributed by atoms with Crippen LogP contribution in [0.3, 0.4) is 0 Å². The van der Waals surface area contributed by atoms with Crippen LogP contribution in [-0.2, 0) is 14.9 Å². The van der Waals surface area contributed by atoms with Crippen LogP contribution >= 0.6 is 0 Å². The number of fused-ring (bicyclic) bond motifs is 2. The third kappa shape index (κ3) is 6.54. The first kappa shape index (κ1) is 29.0. The van der Waals surface area contributed by atoms with Crippen LogP contribution < -0.4 is 0 Å². The van der Waals surface area contributed by atoms with Gasteiger partial charge in [0.1, 0.15) is 0 Å². The molecule has 214 valence electrons. The van der Waals surface area contributed by atoms with Gasteiger partial charge in [-0.3, -0.25) is 4.79 Å². The van der Waals surface area contributed by atoms with Crippen molar-refractivity contribution in [1.29, 1.82) is 0 Å². The minimum atomic E-state index is -0.810. The third-order valence-electron chi connectivity index (χ3n) is 8.98. The van der Waals surface area contributed by atoms with Crippen LogP contribution in [-0.4, -0.2) is 46.7 Å². The molecule has 0 radical (unpaired) electrons. The van der Waals surface area contributed by atoms with Crippen molar-refractivity contribution in [3.05, 3.63) is 120 Å². The average molecular weight is 553 g/mol. The largest absolute Gasteiger partial charge is 0.481 e. The number of aliphatic hydroxyl groups excluding tert-OH is 2. The first-order valence-electron chi connectivity index (χ1n) is 14.7. The van der Waals surface area contributed by atoms with Gasteiger partial charge in [-0.05, 0) is 53.9 Å². The SMILES string of the molecule is O=C(O)CCC/C=C\C[C@H]1[C@H](/C=C/[C@H](O)C(CO)c2ccccc2)[C@@H]2C[C@@]1(c1ccc(-c3ccccc3)cc1)CO2. The van der Waals surface area contributed by atoms with Crippen LogP contribution in [0.15, 0.2) is 109 Å². The second kappa shape index (κ2) is 13.4. The zero-order chi connectivity index (χ0) is 28.7. The predicted octanol–water partition coefficient (Wildman–Crippen LogP) is 6.52. The number of carbonyl (C=O) groups is 1. The Morgan fingerprint density at radius 2 is 1.63 bits per heavy atom. The molecule has 2 bridgehead atoms. The number of aliphatic hydroxyl groups is 2. The molecule has 2 aliphatic rings. The molecule has 3 aromatic rings. The van der Waals surface area contributed by atoms with Gasteiger partial charge in [0.15, 0.2) is 0 Å². The van der Waals surface area contributed by atoms with Crippen molar-refractivity contribution in [2.75, 3.05) is 13.2 Å². The summed E-state index contributed by atoms with van der Waals surface area (Å²) in [5, 5.41) is 30.1. The fourth-order valence-electron chi connectivity index (χ4n) is 6.77. The molecule has 1 heterocycles. The number of ether oxygens (including phenoxy) is 1. The van der Waals surface area contributed by atoms with E-state index in [1.54, 1.807) is 0 Å². The quantitative estimate of drug-likeness (QED) is 0.166. The lowest BCUT2D eigenvalue weighted by Crippen LogP contribution is -2.39. The molecule has 6 atom stereocenters. The van der Waals surface area contributed by atoms with E-state index < -0.39 is 12.1 Å². The molecule has 3 N–H and O–H groups in total. The summed E-state index contributed by atoms with van der Waals surface area (Å²) < 4.78 is 6.37. The molecule has 1 aliphatic carbocycles. The van der Waals surface area contributed by atoms with E-state index in [9.17, 15) is 15.0 Å². The maximum atomic E-state index is 11.1. The number of rotatable bonds is 13. The van der Waals surface area contributed by atoms with Crippen LogP contribution in [0.1, 0.15) is 49.1 Å². The van der Waals surface area contributed by atoms with Crippen LogP contribution in [0.4, 0.5) is 0 Å². The molecule has 1 aliphatic heterocycles. The summed E-state index contributed by atoms with van der Waals surface area (Å²) in [6, 6.07) is 28.9. The molecule has 41 heavy (non-hydrogen) atoms. The lowest BCUT2D eigenvalue weighted by Gasteiger charge is -2.38. The number of aliphatic carboxylic acids is 1. The summed E-state index contributed by atoms with van der Waals surface area (Å²) in [4.78, 5) is 10.9. The number of allylic oxidation sites excluding steroid dienone is 2. The second-order valence-corrected chi connectivity index (χ2v) is 11.4. The monoisotopic (exact) mass is 552 g/mol. The Bertz CT molecular complexity index is 1320. The molecule has 1 saturated carbocycles. The number of benzene rings is 3. The van der Waals surface area contributed by atoms with Gasteiger partial charge in [0.25, 0.3) is 0 Å². The molecule has 3 aromatic carbocycles. The van der Waals surface area contributed by atoms with Crippen molar-refractivity contribution < 1.29 is 24.9 Å². The normalized spacial score (nSPS) is 25.2. The van der Waals surface area contributed by atoms with Gasteiger partial charge in [0.2, 0.25) is 0 Å². The maximum Gasteiger partial charge on any atom is 0.303 e. The molecular formula is C36H40O5. The molecule has 0 aromatic heterocycles. The second-order valence-electron chi connectivity index (χ2n) is 11.4. The first-order chi connectivity index (χ1) is 20.0. The molecule has 1 unspecified atom stereocenters. The van der Waals surface area contributed by atoms with Crippen LogP contribution in [0.5, 0.6) is 0 Å². The molecule has 2 fully saturated rings. The number of hydrogen-bond acceptors (Lipinski definition) is 4. The molecule has 5 rings (SSSR count). The van der Waals surface area contributed by atoms with E-state index in [0.717, 1.165) is 24.8 Å². The topological polar surface area (TPSA) is 87.0 Å². The van der Waals surface area contributed by atoms with Crippen LogP contribution in [0.25, 0.3) is 11.1 Å². The smallest absolute Gasteiger partial charge is 0.303 e. The van der Waals surface area contributed by atoms with E-state index in [2.05, 4.69) is 66.8 Å². The van der Waals surface area contributed by atoms with Crippen molar-refractivity contribution in [2.45, 2.75) is 55.6 Å². The number of hydrogen-bond donors (Lipinski definition) is 3. The van der Waals surface area contributed by atoms with E-state index in [4.69, 9.17) is 9.84 Å². The summed E-state index contributed by atoms with van der Waals surface area (Å²) in [6.45, 7) is 0.524. The van der Waals surface area contributed by atoms with E-state index in [-0.39, 0.29) is 42.3 Å². The number of carboxylic acid groups (broad SMARTS) is 1. The average Bonchev–Trinajstić information content (AvgIpc) is 3.57. The Balaban J connectivity index is 1.38. The van der Waals surface area contributed by atoms with E-state index in [1.165, 1.54) is 16.7 Å². The van der Waals surface area contributed by atoms with Gasteiger partial charge in [0.05, 0.1) is 25.4 Å². The summed E-state index contributed by atoms with van der Waals surface area (Å²) in [5.41, 5.74) is 4.42. The van der Waals surface area contributed by atoms with Crippen molar-refractivity contribution >= 4 is 5.97 Å². The maximum absolute atomic E-state index is 11.1. The molecule has 5 heteroatoms. The highest BCUT2D eigenvalue weighted by Gasteiger charge is 2.58. The molecule has 0 spiro atoms. The molecular weight excluding hydrogens is 512 g/mol. The highest BCUT2D eigenvalue weighted by Crippen LogP contribution is 2.57. The Labute approximate surface area is 242 Å². The zero-order valence-electron chi connectivity index (χ0n) is 23.4. The fourth-order valence-corrected chi connectivity index (χ4v) is 6.77. The number of carboxylic acids is 1. The third-order valence-corrected chi connectivity index (χ3v) is 8.98. The first-order valence-corrected chi connectivity index (χ1v) is 14.7. The lowest BCUT2D eigenvalue weighted by atomic mass is 9.69. The molecule has 1 saturated heterocycles. The summed E-state index contributed by atoms with van der Waals surface area (Å²) in [5.74, 6) is -0.765.